The SMILES string of the molecule is CC(C)(C)OC(=O)NC1(C(=O)O)CC1.COc1ccccc1CC(C)N(C)C(=O)OC(C)Cl.COc1ccccc1CC(C)N(C)C(=O)OC(C)OC(=O)C1(NC(=O)OC(C)(C)C)CC1.O=CO[O-].[Cs+].[Cs+].[H-]. The molecule has 0 aromatic heterocycles. The summed E-state index contributed by atoms with van der Waals surface area (Å²) >= 11 is 5.64. The third kappa shape index (κ3) is 27.8. The first-order chi connectivity index (χ1) is 32.0. The number of esters is 1. The van der Waals surface area contributed by atoms with Crippen LogP contribution in [0.15, 0.2) is 48.5 Å². The molecule has 4 amide bonds. The minimum atomic E-state index is -1.13. The van der Waals surface area contributed by atoms with Crippen molar-refractivity contribution < 1.29 is 221 Å². The summed E-state index contributed by atoms with van der Waals surface area (Å²) in [5, 5.41) is 22.1. The van der Waals surface area contributed by atoms with E-state index in [1.165, 1.54) is 16.7 Å². The number of rotatable bonds is 16. The van der Waals surface area contributed by atoms with Crippen LogP contribution in [0.5, 0.6) is 11.5 Å². The molecule has 0 saturated heterocycles. The van der Waals surface area contributed by atoms with Crippen molar-refractivity contribution in [1.29, 1.82) is 0 Å². The normalized spacial score (nSPS) is 14.9. The molecule has 2 aromatic rings. The molecule has 2 aromatic carbocycles. The molecule has 4 atom stereocenters. The standard InChI is InChI=1S/C23H34N2O7.C14H20ClNO3.C9H15NO4.CH2O3.2Cs.H/c1-15(14-17-10-8-9-11-18(17)29-7)25(6)21(28)31-16(2)30-19(26)23(12-13-23)24-20(27)32-22(3,4)5;1-10(16(3)14(17)19-11(2)15)9-12-7-5-6-8-13(12)18-4;1-8(2,3)14-7(13)10-9(4-5-9)6(11)12;2-1-4-3;;;/h8-11,15-16H,12-14H2,1-7H3,(H,24,27);5-8,10-11H,9H2,1-4H3;4-5H2,1-3H3,(H,10,13)(H,11,12);1,3H;;;/q;;;;2*+1;-1/p-1. The van der Waals surface area contributed by atoms with Gasteiger partial charge < -0.3 is 70.3 Å². The van der Waals surface area contributed by atoms with Gasteiger partial charge in [-0.2, -0.15) is 0 Å². The van der Waals surface area contributed by atoms with Crippen LogP contribution in [-0.4, -0.2) is 132 Å². The number of aliphatic carboxylic acids is 1. The molecule has 2 saturated carbocycles. The Morgan fingerprint density at radius 3 is 1.37 bits per heavy atom. The van der Waals surface area contributed by atoms with E-state index in [2.05, 4.69) is 15.5 Å². The maximum absolute atomic E-state index is 12.5. The summed E-state index contributed by atoms with van der Waals surface area (Å²) in [6.45, 7) is 17.1. The molecule has 71 heavy (non-hydrogen) atoms. The maximum Gasteiger partial charge on any atom is 1.00 e. The van der Waals surface area contributed by atoms with Crippen LogP contribution < -0.4 is 163 Å². The first-order valence-corrected chi connectivity index (χ1v) is 22.4. The molecule has 0 spiro atoms. The first kappa shape index (κ1) is 71.0. The monoisotopic (exact) mass is 1260 g/mol. The van der Waals surface area contributed by atoms with Crippen molar-refractivity contribution in [2.45, 2.75) is 154 Å². The van der Waals surface area contributed by atoms with Gasteiger partial charge in [0, 0.05) is 33.1 Å². The molecule has 21 nitrogen and oxygen atoms in total. The van der Waals surface area contributed by atoms with E-state index in [1.54, 1.807) is 76.8 Å². The Morgan fingerprint density at radius 2 is 1.06 bits per heavy atom. The number of halogens is 1. The maximum atomic E-state index is 12.5. The number of hydrogen-bond donors (Lipinski definition) is 3. The quantitative estimate of drug-likeness (QED) is 0.0395. The Bertz CT molecular complexity index is 2020. The average Bonchev–Trinajstić information content (AvgIpc) is 4.20. The van der Waals surface area contributed by atoms with Crippen molar-refractivity contribution >= 4 is 54.4 Å². The van der Waals surface area contributed by atoms with Crippen LogP contribution >= 0.6 is 11.6 Å². The number of alkyl carbamates (subject to hydrolysis) is 2. The molecule has 0 bridgehead atoms. The molecule has 0 heterocycles. The number of nitrogens with zero attached hydrogens (tertiary/aromatic N) is 2. The van der Waals surface area contributed by atoms with Crippen molar-refractivity contribution in [3.05, 3.63) is 59.7 Å². The Hall–Kier alpha value is -2.12. The van der Waals surface area contributed by atoms with E-state index in [9.17, 15) is 28.8 Å². The number of hydrogen-bond acceptors (Lipinski definition) is 16. The van der Waals surface area contributed by atoms with Crippen LogP contribution in [-0.2, 0) is 55.8 Å². The molecule has 3 N–H and O–H groups in total. The van der Waals surface area contributed by atoms with Crippen molar-refractivity contribution in [2.24, 2.45) is 0 Å². The van der Waals surface area contributed by atoms with Gasteiger partial charge in [0.05, 0.1) is 14.2 Å². The second kappa shape index (κ2) is 33.7. The summed E-state index contributed by atoms with van der Waals surface area (Å²) in [4.78, 5) is 84.9. The smallest absolute Gasteiger partial charge is 1.00 e. The fraction of sp³-hybridized carbons (Fsp3) is 0.596. The van der Waals surface area contributed by atoms with E-state index in [1.807, 2.05) is 62.4 Å². The van der Waals surface area contributed by atoms with E-state index in [-0.39, 0.29) is 158 Å². The predicted octanol–water partition coefficient (Wildman–Crippen LogP) is 0.604. The summed E-state index contributed by atoms with van der Waals surface area (Å²) in [5.41, 5.74) is -2.10. The molecule has 0 aliphatic heterocycles. The number of likely N-dealkylation sites (N-methyl/N-ethyl adjacent to an activating group) is 2. The number of carboxylic acid groups (broad SMARTS) is 1. The van der Waals surface area contributed by atoms with Gasteiger partial charge in [0.15, 0.2) is 5.56 Å². The Labute approximate surface area is 541 Å². The molecular weight excluding hydrogens is 1190 g/mol. The number of carboxylic acids is 1. The number of ether oxygens (including phenoxy) is 7. The fourth-order valence-electron chi connectivity index (χ4n) is 5.77. The van der Waals surface area contributed by atoms with Gasteiger partial charge in [-0.05, 0) is 124 Å². The van der Waals surface area contributed by atoms with E-state index in [4.69, 9.17) is 59.9 Å². The van der Waals surface area contributed by atoms with Gasteiger partial charge in [-0.1, -0.05) is 48.0 Å². The van der Waals surface area contributed by atoms with Crippen LogP contribution in [0, 0.1) is 0 Å². The number of alkyl halides is 1. The summed E-state index contributed by atoms with van der Waals surface area (Å²) in [5.74, 6) is -0.0887. The van der Waals surface area contributed by atoms with Crippen LogP contribution in [0.25, 0.3) is 0 Å². The molecule has 24 heteroatoms. The zero-order valence-corrected chi connectivity index (χ0v) is 57.3. The van der Waals surface area contributed by atoms with E-state index >= 15 is 0 Å². The number of carbonyl (C=O) groups excluding carboxylic acids is 6. The molecule has 2 aliphatic carbocycles. The molecule has 2 aliphatic rings. The number of amides is 4. The van der Waals surface area contributed by atoms with Crippen LogP contribution in [0.2, 0.25) is 0 Å². The van der Waals surface area contributed by atoms with Gasteiger partial charge in [-0.15, -0.1) is 0 Å². The summed E-state index contributed by atoms with van der Waals surface area (Å²) in [6, 6.07) is 15.1. The molecule has 390 valence electrons. The van der Waals surface area contributed by atoms with E-state index < -0.39 is 70.4 Å². The molecule has 2 fully saturated rings. The third-order valence-corrected chi connectivity index (χ3v) is 10.0. The molecule has 0 radical (unpaired) electrons. The Balaban J connectivity index is -0.00000101. The number of para-hydroxylation sites is 2. The van der Waals surface area contributed by atoms with Crippen molar-refractivity contribution in [1.82, 2.24) is 20.4 Å². The van der Waals surface area contributed by atoms with Gasteiger partial charge in [0.1, 0.15) is 33.8 Å². The number of carbonyl (C=O) groups is 7. The summed E-state index contributed by atoms with van der Waals surface area (Å²) in [7, 11) is 6.55. The number of benzene rings is 2. The Kier molecular flexibility index (Phi) is 33.7. The first-order valence-electron chi connectivity index (χ1n) is 21.9. The third-order valence-electron chi connectivity index (χ3n) is 9.94. The van der Waals surface area contributed by atoms with Gasteiger partial charge in [0.2, 0.25) is 6.29 Å². The fourth-order valence-corrected chi connectivity index (χ4v) is 5.84. The van der Waals surface area contributed by atoms with Crippen molar-refractivity contribution in [3.63, 3.8) is 0 Å². The zero-order valence-electron chi connectivity index (χ0n) is 45.0. The van der Waals surface area contributed by atoms with Gasteiger partial charge >= 0.3 is 174 Å². The van der Waals surface area contributed by atoms with Gasteiger partial charge in [0.25, 0.3) is 6.47 Å². The second-order valence-electron chi connectivity index (χ2n) is 18.2. The van der Waals surface area contributed by atoms with Crippen LogP contribution in [0.1, 0.15) is 107 Å². The Morgan fingerprint density at radius 1 is 0.704 bits per heavy atom. The molecule has 4 unspecified atom stereocenters. The minimum absolute atomic E-state index is 0. The predicted molar refractivity (Wildman–Crippen MR) is 250 cm³/mol. The van der Waals surface area contributed by atoms with E-state index in [0.717, 1.165) is 22.6 Å². The van der Waals surface area contributed by atoms with E-state index in [0.29, 0.717) is 38.5 Å². The van der Waals surface area contributed by atoms with Gasteiger partial charge in [-0.3, -0.25) is 4.79 Å². The van der Waals surface area contributed by atoms with Crippen LogP contribution in [0.4, 0.5) is 19.2 Å². The molecule has 4 rings (SSSR count). The number of nitrogens with one attached hydrogen (secondary N) is 2. The zero-order chi connectivity index (χ0) is 52.9. The van der Waals surface area contributed by atoms with Crippen molar-refractivity contribution in [3.8, 4) is 11.5 Å². The van der Waals surface area contributed by atoms with Crippen LogP contribution in [0.3, 0.4) is 0 Å². The largest absolute Gasteiger partial charge is 1.00 e. The number of methoxy groups -OCH3 is 2. The topological polar surface area (TPSA) is 267 Å². The average molecular weight is 1270 g/mol. The van der Waals surface area contributed by atoms with Crippen molar-refractivity contribution in [2.75, 3.05) is 28.3 Å². The molecular formula is C47H71ClCs2N4O17. The minimum Gasteiger partial charge on any atom is -1.00 e. The van der Waals surface area contributed by atoms with Gasteiger partial charge in [-0.25, -0.2) is 28.8 Å². The summed E-state index contributed by atoms with van der Waals surface area (Å²) < 4.78 is 36.3. The summed E-state index contributed by atoms with van der Waals surface area (Å²) in [6.07, 6.45) is -0.471. The second-order valence-corrected chi connectivity index (χ2v) is 18.8.